The van der Waals surface area contributed by atoms with Gasteiger partial charge in [-0.25, -0.2) is 0 Å². The first kappa shape index (κ1) is 19.9. The lowest BCUT2D eigenvalue weighted by atomic mass is 10.0. The van der Waals surface area contributed by atoms with Gasteiger partial charge in [-0.1, -0.05) is 32.1 Å². The molecule has 0 radical (unpaired) electrons. The molecule has 0 amide bonds. The van der Waals surface area contributed by atoms with E-state index in [0.29, 0.717) is 5.56 Å². The molecule has 2 N–H and O–H groups in total. The molecule has 0 fully saturated rings. The molecule has 0 aliphatic heterocycles. The largest absolute Gasteiger partial charge is 0.305 e. The number of imidazole rings is 1. The number of benzene rings is 1. The number of anilines is 1. The van der Waals surface area contributed by atoms with E-state index in [1.807, 2.05) is 25.1 Å². The summed E-state index contributed by atoms with van der Waals surface area (Å²) in [6.07, 6.45) is 3.70. The number of rotatable bonds is 9. The molecule has 0 bridgehead atoms. The second-order valence-electron chi connectivity index (χ2n) is 7.07. The Balaban J connectivity index is 2.09. The molecular formula is C23H30N5+. The summed E-state index contributed by atoms with van der Waals surface area (Å²) in [5.41, 5.74) is 5.80. The molecule has 0 spiro atoms. The van der Waals surface area contributed by atoms with E-state index in [0.717, 1.165) is 72.6 Å². The summed E-state index contributed by atoms with van der Waals surface area (Å²) in [5.74, 6) is 1.06. The minimum Gasteiger partial charge on any atom is -0.305 e. The fourth-order valence-corrected chi connectivity index (χ4v) is 3.89. The lowest BCUT2D eigenvalue weighted by Gasteiger charge is -2.18. The molecular weight excluding hydrogens is 346 g/mol. The van der Waals surface area contributed by atoms with Crippen LogP contribution >= 0.6 is 0 Å². The van der Waals surface area contributed by atoms with Crippen LogP contribution in [0.3, 0.4) is 0 Å². The molecule has 28 heavy (non-hydrogen) atoms. The molecule has 5 heteroatoms. The van der Waals surface area contributed by atoms with Gasteiger partial charge in [0.1, 0.15) is 22.7 Å². The smallest absolute Gasteiger partial charge is 0.250 e. The average Bonchev–Trinajstić information content (AvgIpc) is 3.09. The summed E-state index contributed by atoms with van der Waals surface area (Å²) in [5, 5.41) is 13.5. The fraction of sp³-hybridized carbons (Fsp3) is 0.391. The lowest BCUT2D eigenvalue weighted by Crippen LogP contribution is -2.31. The van der Waals surface area contributed by atoms with E-state index in [9.17, 15) is 5.26 Å². The van der Waals surface area contributed by atoms with Crippen molar-refractivity contribution in [3.63, 3.8) is 0 Å². The molecule has 2 heterocycles. The van der Waals surface area contributed by atoms with Gasteiger partial charge in [0.05, 0.1) is 6.54 Å². The van der Waals surface area contributed by atoms with Gasteiger partial charge < -0.3 is 10.2 Å². The zero-order chi connectivity index (χ0) is 20.1. The van der Waals surface area contributed by atoms with Crippen LogP contribution < -0.4 is 9.72 Å². The van der Waals surface area contributed by atoms with Crippen LogP contribution in [0.25, 0.3) is 16.7 Å². The number of hydrogen-bond donors (Lipinski definition) is 2. The summed E-state index contributed by atoms with van der Waals surface area (Å²) >= 11 is 0. The van der Waals surface area contributed by atoms with Gasteiger partial charge >= 0.3 is 0 Å². The number of fused-ring (bicyclic) bond motifs is 3. The van der Waals surface area contributed by atoms with Crippen molar-refractivity contribution in [3.05, 3.63) is 53.6 Å². The van der Waals surface area contributed by atoms with E-state index in [2.05, 4.69) is 58.2 Å². The number of aromatic nitrogens is 2. The van der Waals surface area contributed by atoms with E-state index in [-0.39, 0.29) is 0 Å². The first-order valence-corrected chi connectivity index (χ1v) is 10.1. The van der Waals surface area contributed by atoms with Crippen molar-refractivity contribution in [2.24, 2.45) is 0 Å². The molecule has 0 atom stereocenters. The lowest BCUT2D eigenvalue weighted by molar-refractivity contribution is -0.465. The highest BCUT2D eigenvalue weighted by molar-refractivity contribution is 5.78. The van der Waals surface area contributed by atoms with Crippen molar-refractivity contribution in [1.82, 2.24) is 9.88 Å². The second-order valence-corrected chi connectivity index (χ2v) is 7.07. The van der Waals surface area contributed by atoms with Crippen LogP contribution in [0.4, 0.5) is 5.82 Å². The maximum Gasteiger partial charge on any atom is 0.250 e. The van der Waals surface area contributed by atoms with Gasteiger partial charge in [0.25, 0.3) is 0 Å². The summed E-state index contributed by atoms with van der Waals surface area (Å²) in [6, 6.07) is 10.6. The third-order valence-electron chi connectivity index (χ3n) is 5.49. The number of hydrogen-bond acceptors (Lipinski definition) is 3. The Hall–Kier alpha value is -2.84. The summed E-state index contributed by atoms with van der Waals surface area (Å²) in [7, 11) is 0. The quantitative estimate of drug-likeness (QED) is 0.338. The number of nitrogens with zero attached hydrogens (tertiary/aromatic N) is 3. The number of pyridine rings is 1. The Morgan fingerprint density at radius 2 is 2.04 bits per heavy atom. The number of nitriles is 1. The minimum atomic E-state index is 0.696. The van der Waals surface area contributed by atoms with Gasteiger partial charge in [-0.2, -0.15) is 9.66 Å². The SMILES string of the molecule is C=CCc1c(C)c(C#N)c2[nH]c3ccccc3[n+]2c1NCCCN(CC)CC. The molecule has 0 aliphatic carbocycles. The van der Waals surface area contributed by atoms with Crippen molar-refractivity contribution < 1.29 is 4.40 Å². The second kappa shape index (κ2) is 8.90. The van der Waals surface area contributed by atoms with Crippen molar-refractivity contribution in [2.45, 2.75) is 33.6 Å². The molecule has 5 nitrogen and oxygen atoms in total. The van der Waals surface area contributed by atoms with Crippen LogP contribution in [-0.2, 0) is 6.42 Å². The van der Waals surface area contributed by atoms with E-state index in [1.165, 1.54) is 0 Å². The monoisotopic (exact) mass is 376 g/mol. The van der Waals surface area contributed by atoms with Gasteiger partial charge in [0.2, 0.25) is 11.5 Å². The van der Waals surface area contributed by atoms with Crippen LogP contribution in [0, 0.1) is 18.3 Å². The standard InChI is InChI=1S/C23H29N5/c1-5-11-18-17(4)19(16-24)23-26-20-12-8-9-13-21(20)28(23)22(18)25-14-10-15-27(6-2)7-3/h5,8-9,12-13H,1,6-7,10-11,14-15H2,2-4H3,(H,25,26)/p+1. The molecule has 146 valence electrons. The predicted molar refractivity (Wildman–Crippen MR) is 116 cm³/mol. The van der Waals surface area contributed by atoms with Gasteiger partial charge in [-0.05, 0) is 50.6 Å². The van der Waals surface area contributed by atoms with Gasteiger partial charge in [-0.15, -0.1) is 6.58 Å². The molecule has 1 aromatic carbocycles. The number of para-hydroxylation sites is 2. The summed E-state index contributed by atoms with van der Waals surface area (Å²) in [4.78, 5) is 5.88. The van der Waals surface area contributed by atoms with Gasteiger partial charge in [0.15, 0.2) is 0 Å². The highest BCUT2D eigenvalue weighted by atomic mass is 15.1. The predicted octanol–water partition coefficient (Wildman–Crippen LogP) is 3.96. The molecule has 0 saturated heterocycles. The third-order valence-corrected chi connectivity index (χ3v) is 5.49. The van der Waals surface area contributed by atoms with Crippen molar-refractivity contribution >= 4 is 22.5 Å². The normalized spacial score (nSPS) is 11.2. The molecule has 2 aromatic heterocycles. The van der Waals surface area contributed by atoms with Crippen molar-refractivity contribution in [3.8, 4) is 6.07 Å². The molecule has 0 aliphatic rings. The molecule has 3 rings (SSSR count). The average molecular weight is 377 g/mol. The van der Waals surface area contributed by atoms with Gasteiger partial charge in [-0.3, -0.25) is 4.98 Å². The van der Waals surface area contributed by atoms with E-state index >= 15 is 0 Å². The maximum absolute atomic E-state index is 9.82. The number of nitrogens with one attached hydrogen (secondary N) is 2. The minimum absolute atomic E-state index is 0.696. The van der Waals surface area contributed by atoms with Gasteiger partial charge in [0, 0.05) is 12.1 Å². The Morgan fingerprint density at radius 3 is 2.71 bits per heavy atom. The number of H-pyrrole nitrogens is 1. The summed E-state index contributed by atoms with van der Waals surface area (Å²) < 4.78 is 2.16. The van der Waals surface area contributed by atoms with Crippen molar-refractivity contribution in [1.29, 1.82) is 5.26 Å². The summed E-state index contributed by atoms with van der Waals surface area (Å²) in [6.45, 7) is 14.5. The Labute approximate surface area is 167 Å². The Kier molecular flexibility index (Phi) is 6.33. The Bertz CT molecular complexity index is 1020. The maximum atomic E-state index is 9.82. The zero-order valence-corrected chi connectivity index (χ0v) is 17.2. The van der Waals surface area contributed by atoms with E-state index < -0.39 is 0 Å². The van der Waals surface area contributed by atoms with Crippen LogP contribution in [-0.4, -0.2) is 36.1 Å². The third kappa shape index (κ3) is 3.61. The zero-order valence-electron chi connectivity index (χ0n) is 17.2. The fourth-order valence-electron chi connectivity index (χ4n) is 3.89. The number of aromatic amines is 1. The van der Waals surface area contributed by atoms with E-state index in [4.69, 9.17) is 0 Å². The first-order chi connectivity index (χ1) is 13.7. The number of allylic oxidation sites excluding steroid dienone is 1. The first-order valence-electron chi connectivity index (χ1n) is 10.1. The van der Waals surface area contributed by atoms with E-state index in [1.54, 1.807) is 0 Å². The Morgan fingerprint density at radius 1 is 1.29 bits per heavy atom. The van der Waals surface area contributed by atoms with Crippen LogP contribution in [0.1, 0.15) is 37.0 Å². The highest BCUT2D eigenvalue weighted by Crippen LogP contribution is 2.26. The highest BCUT2D eigenvalue weighted by Gasteiger charge is 2.24. The molecule has 0 saturated carbocycles. The molecule has 3 aromatic rings. The van der Waals surface area contributed by atoms with Crippen LogP contribution in [0.15, 0.2) is 36.9 Å². The topological polar surface area (TPSA) is 59.0 Å². The van der Waals surface area contributed by atoms with Crippen molar-refractivity contribution in [2.75, 3.05) is 31.5 Å². The van der Waals surface area contributed by atoms with Crippen LogP contribution in [0.2, 0.25) is 0 Å². The van der Waals surface area contributed by atoms with Crippen LogP contribution in [0.5, 0.6) is 0 Å². The molecule has 0 unspecified atom stereocenters.